The molecule has 0 aliphatic heterocycles. The van der Waals surface area contributed by atoms with E-state index in [1.54, 1.807) is 0 Å². The highest BCUT2D eigenvalue weighted by atomic mass is 16.4. The van der Waals surface area contributed by atoms with Crippen LogP contribution in [0.2, 0.25) is 0 Å². The second-order valence-corrected chi connectivity index (χ2v) is 14.1. The maximum absolute atomic E-state index is 11.8. The summed E-state index contributed by atoms with van der Waals surface area (Å²) in [6.45, 7) is 15.0. The molecule has 1 rings (SSSR count). The number of carbonyl (C=O) groups is 2. The Kier molecular flexibility index (Phi) is 36.7. The predicted octanol–water partition coefficient (Wildman–Crippen LogP) is 6.59. The van der Waals surface area contributed by atoms with Crippen LogP contribution in [0.5, 0.6) is 0 Å². The van der Waals surface area contributed by atoms with Crippen molar-refractivity contribution in [2.24, 2.45) is 5.92 Å². The maximum atomic E-state index is 11.8. The van der Waals surface area contributed by atoms with E-state index in [1.807, 2.05) is 0 Å². The van der Waals surface area contributed by atoms with Crippen LogP contribution in [0, 0.1) is 5.92 Å². The van der Waals surface area contributed by atoms with Crippen LogP contribution in [0.1, 0.15) is 148 Å². The Bertz CT molecular complexity index is 1120. The normalized spacial score (nSPS) is 12.9. The summed E-state index contributed by atoms with van der Waals surface area (Å²) in [6, 6.07) is 7.69. The third kappa shape index (κ3) is 33.9. The molecule has 52 heavy (non-hydrogen) atoms. The molecule has 0 unspecified atom stereocenters. The number of unbranched alkanes of at least 4 members (excludes halogenated alkanes) is 4. The molecule has 0 fully saturated rings. The molecule has 7 nitrogen and oxygen atoms in total. The highest BCUT2D eigenvalue weighted by Crippen LogP contribution is 2.16. The number of carbonyl (C=O) groups excluding carboxylic acids is 2. The fourth-order valence-electron chi connectivity index (χ4n) is 4.96. The molecular formula is C45H80N4O3+2. The summed E-state index contributed by atoms with van der Waals surface area (Å²) in [7, 11) is 0. The standard InChI is InChI=1S/C20H32.C13H20.C12H26N4O3/c1-3-5-7-9-11-13-15-17-19-20-18-16-14-12-10-8-6-4-2;1-10(2)9-12-5-7-13(8-6-12)11(3)4;13-7-3-1-5-9(15)11(17)16-10(12(18)19)6-2-4-8-14/h5,7,10-13,16-19H,3-4,6,8-9,14-15,20H2,1-2H3;5-8,10-11H,9H2,1-4H3;9-10H,1-8,13-15H2,(H,16,17)(H,18,19)/p+2/b7-5-,12-10-,13-11-,18-16-,19-17-;;/t;;9-,10-/m..0/s1. The summed E-state index contributed by atoms with van der Waals surface area (Å²) in [6.07, 6.45) is 37.2. The third-order valence-corrected chi connectivity index (χ3v) is 8.19. The number of benzene rings is 1. The minimum Gasteiger partial charge on any atom is -0.548 e. The van der Waals surface area contributed by atoms with E-state index in [2.05, 4.69) is 149 Å². The van der Waals surface area contributed by atoms with E-state index in [9.17, 15) is 14.7 Å². The second-order valence-electron chi connectivity index (χ2n) is 14.1. The van der Waals surface area contributed by atoms with Crippen molar-refractivity contribution in [3.8, 4) is 0 Å². The van der Waals surface area contributed by atoms with Crippen molar-refractivity contribution >= 4 is 11.9 Å². The highest BCUT2D eigenvalue weighted by Gasteiger charge is 2.21. The molecule has 0 aromatic heterocycles. The first-order valence-corrected chi connectivity index (χ1v) is 20.3. The molecule has 10 N–H and O–H groups in total. The maximum Gasteiger partial charge on any atom is 0.278 e. The monoisotopic (exact) mass is 725 g/mol. The quantitative estimate of drug-likeness (QED) is 0.0630. The van der Waals surface area contributed by atoms with Gasteiger partial charge in [0.05, 0.1) is 25.1 Å². The minimum atomic E-state index is -1.23. The van der Waals surface area contributed by atoms with E-state index in [-0.39, 0.29) is 5.91 Å². The molecule has 0 bridgehead atoms. The summed E-state index contributed by atoms with van der Waals surface area (Å²) in [5, 5.41) is 13.4. The number of allylic oxidation sites excluding steroid dienone is 10. The summed E-state index contributed by atoms with van der Waals surface area (Å²) < 4.78 is 0. The van der Waals surface area contributed by atoms with Gasteiger partial charge < -0.3 is 32.4 Å². The van der Waals surface area contributed by atoms with Gasteiger partial charge in [-0.3, -0.25) is 4.79 Å². The van der Waals surface area contributed by atoms with Crippen molar-refractivity contribution < 1.29 is 31.9 Å². The number of rotatable bonds is 26. The van der Waals surface area contributed by atoms with Crippen LogP contribution in [0.3, 0.4) is 0 Å². The molecule has 0 heterocycles. The van der Waals surface area contributed by atoms with Gasteiger partial charge in [-0.25, -0.2) is 0 Å². The number of quaternary nitrogens is 3. The third-order valence-electron chi connectivity index (χ3n) is 8.19. The number of aliphatic carboxylic acids is 1. The Balaban J connectivity index is 0. The zero-order valence-electron chi connectivity index (χ0n) is 34.3. The van der Waals surface area contributed by atoms with Gasteiger partial charge in [-0.05, 0) is 100 Å². The van der Waals surface area contributed by atoms with Gasteiger partial charge in [-0.1, -0.05) is 139 Å². The molecule has 1 aromatic carbocycles. The molecule has 1 aromatic rings. The lowest BCUT2D eigenvalue weighted by atomic mass is 9.98. The van der Waals surface area contributed by atoms with E-state index in [4.69, 9.17) is 0 Å². The Hall–Kier alpha value is -3.26. The smallest absolute Gasteiger partial charge is 0.278 e. The van der Waals surface area contributed by atoms with E-state index in [1.165, 1.54) is 36.8 Å². The largest absolute Gasteiger partial charge is 0.548 e. The summed E-state index contributed by atoms with van der Waals surface area (Å²) in [5.41, 5.74) is 14.1. The Morgan fingerprint density at radius 3 is 1.60 bits per heavy atom. The molecule has 1 amide bonds. The Morgan fingerprint density at radius 1 is 0.692 bits per heavy atom. The highest BCUT2D eigenvalue weighted by molar-refractivity contribution is 5.85. The second kappa shape index (κ2) is 37.5. The van der Waals surface area contributed by atoms with E-state index < -0.39 is 18.1 Å². The lowest BCUT2D eigenvalue weighted by Crippen LogP contribution is -2.69. The van der Waals surface area contributed by atoms with Crippen LogP contribution in [-0.4, -0.2) is 37.0 Å². The number of carboxylic acids is 1. The van der Waals surface area contributed by atoms with Crippen molar-refractivity contribution in [1.29, 1.82) is 0 Å². The molecule has 2 atom stereocenters. The van der Waals surface area contributed by atoms with E-state index >= 15 is 0 Å². The van der Waals surface area contributed by atoms with Gasteiger partial charge in [0.25, 0.3) is 5.91 Å². The fraction of sp³-hybridized carbons (Fsp3) is 0.600. The molecule has 0 saturated heterocycles. The summed E-state index contributed by atoms with van der Waals surface area (Å²) in [5.74, 6) is -0.145. The molecule has 0 aliphatic rings. The van der Waals surface area contributed by atoms with Gasteiger partial charge in [0.1, 0.15) is 0 Å². The number of nitrogens with one attached hydrogen (secondary N) is 1. The van der Waals surface area contributed by atoms with Crippen LogP contribution in [0.4, 0.5) is 0 Å². The predicted molar refractivity (Wildman–Crippen MR) is 220 cm³/mol. The molecule has 0 spiro atoms. The van der Waals surface area contributed by atoms with Crippen LogP contribution >= 0.6 is 0 Å². The number of amides is 1. The van der Waals surface area contributed by atoms with Crippen LogP contribution in [0.15, 0.2) is 85.0 Å². The van der Waals surface area contributed by atoms with Gasteiger partial charge >= 0.3 is 0 Å². The fourth-order valence-corrected chi connectivity index (χ4v) is 4.96. The van der Waals surface area contributed by atoms with Crippen LogP contribution in [0.25, 0.3) is 0 Å². The summed E-state index contributed by atoms with van der Waals surface area (Å²) in [4.78, 5) is 22.7. The van der Waals surface area contributed by atoms with Gasteiger partial charge in [0.2, 0.25) is 0 Å². The molecular weight excluding hydrogens is 645 g/mol. The lowest BCUT2D eigenvalue weighted by molar-refractivity contribution is -0.406. The first kappa shape index (κ1) is 50.8. The Morgan fingerprint density at radius 2 is 1.17 bits per heavy atom. The van der Waals surface area contributed by atoms with Crippen LogP contribution in [-0.2, 0) is 16.0 Å². The molecule has 0 aliphatic carbocycles. The van der Waals surface area contributed by atoms with Crippen molar-refractivity contribution in [2.45, 2.75) is 156 Å². The number of carboxylic acid groups (broad SMARTS) is 1. The van der Waals surface area contributed by atoms with E-state index in [0.717, 1.165) is 70.4 Å². The summed E-state index contributed by atoms with van der Waals surface area (Å²) >= 11 is 0. The van der Waals surface area contributed by atoms with Crippen molar-refractivity contribution in [1.82, 2.24) is 5.32 Å². The molecule has 296 valence electrons. The molecule has 0 saturated carbocycles. The zero-order valence-corrected chi connectivity index (χ0v) is 34.3. The SMILES string of the molecule is CC(C)Cc1ccc(C(C)C)cc1.CC/C=C\C/C=C\C/C=C\C/C=C\C/C=C\CCCC.[NH3+]CCCC[C@H](NC(=O)[C@@H]([NH3+])CCCC[NH3+])C(=O)[O-]. The van der Waals surface area contributed by atoms with Gasteiger partial charge in [0.15, 0.2) is 6.04 Å². The van der Waals surface area contributed by atoms with Gasteiger partial charge in [-0.2, -0.15) is 0 Å². The number of hydrogen-bond donors (Lipinski definition) is 4. The first-order chi connectivity index (χ1) is 25.0. The molecule has 0 radical (unpaired) electrons. The molecule has 7 heteroatoms. The number of hydrogen-bond acceptors (Lipinski definition) is 3. The first-order valence-electron chi connectivity index (χ1n) is 20.3. The van der Waals surface area contributed by atoms with Crippen molar-refractivity contribution in [2.75, 3.05) is 13.1 Å². The van der Waals surface area contributed by atoms with Crippen LogP contribution < -0.4 is 27.6 Å². The van der Waals surface area contributed by atoms with Gasteiger partial charge in [0, 0.05) is 6.42 Å². The van der Waals surface area contributed by atoms with E-state index in [0.29, 0.717) is 25.2 Å². The zero-order chi connectivity index (χ0) is 39.2. The average Bonchev–Trinajstić information content (AvgIpc) is 3.11. The lowest BCUT2D eigenvalue weighted by Gasteiger charge is -2.20. The minimum absolute atomic E-state index is 0.312. The topological polar surface area (TPSA) is 152 Å². The van der Waals surface area contributed by atoms with Gasteiger partial charge in [-0.15, -0.1) is 0 Å². The average molecular weight is 725 g/mol. The van der Waals surface area contributed by atoms with Crippen molar-refractivity contribution in [3.63, 3.8) is 0 Å². The Labute approximate surface area is 319 Å². The van der Waals surface area contributed by atoms with Crippen molar-refractivity contribution in [3.05, 3.63) is 96.2 Å².